The normalized spacial score (nSPS) is 10.9. The highest BCUT2D eigenvalue weighted by Gasteiger charge is 2.16. The number of hydrogen-bond donors (Lipinski definition) is 4. The lowest BCUT2D eigenvalue weighted by Crippen LogP contribution is -2.47. The smallest absolute Gasteiger partial charge is 0.269 e. The number of thioether (sulfide) groups is 1. The van der Waals surface area contributed by atoms with Gasteiger partial charge in [0.2, 0.25) is 10.0 Å². The molecule has 0 unspecified atom stereocenters. The lowest BCUT2D eigenvalue weighted by molar-refractivity contribution is 0.0943. The van der Waals surface area contributed by atoms with Gasteiger partial charge in [-0.3, -0.25) is 15.6 Å². The highest BCUT2D eigenvalue weighted by molar-refractivity contribution is 7.98. The van der Waals surface area contributed by atoms with E-state index >= 15 is 0 Å². The summed E-state index contributed by atoms with van der Waals surface area (Å²) in [6.07, 6.45) is 2.95. The second-order valence-corrected chi connectivity index (χ2v) is 7.70. The van der Waals surface area contributed by atoms with Gasteiger partial charge in [0.15, 0.2) is 5.11 Å². The number of thiocarbonyl (C=S) groups is 1. The minimum absolute atomic E-state index is 0.0528. The monoisotopic (exact) mass is 396 g/mol. The summed E-state index contributed by atoms with van der Waals surface area (Å²) in [5.41, 5.74) is 4.97. The minimum atomic E-state index is -4.01. The lowest BCUT2D eigenvalue weighted by atomic mass is 10.2. The van der Waals surface area contributed by atoms with E-state index in [2.05, 4.69) is 16.2 Å². The number of amides is 1. The topological polar surface area (TPSA) is 113 Å². The number of halogens is 1. The van der Waals surface area contributed by atoms with Crippen LogP contribution in [0.4, 0.5) is 0 Å². The highest BCUT2D eigenvalue weighted by Crippen LogP contribution is 2.21. The Hall–Kier alpha value is -1.07. The van der Waals surface area contributed by atoms with Crippen molar-refractivity contribution in [2.45, 2.75) is 11.3 Å². The number of carbonyl (C=O) groups excluding carboxylic acids is 1. The SMILES string of the molecule is CSCCCNC(=S)NNC(=O)c1ccc(Cl)c(S(N)(=O)=O)c1. The van der Waals surface area contributed by atoms with E-state index in [1.54, 1.807) is 11.8 Å². The molecule has 0 fully saturated rings. The van der Waals surface area contributed by atoms with Crippen molar-refractivity contribution in [3.05, 3.63) is 28.8 Å². The van der Waals surface area contributed by atoms with E-state index in [0.29, 0.717) is 6.54 Å². The van der Waals surface area contributed by atoms with Crippen LogP contribution in [0.3, 0.4) is 0 Å². The fourth-order valence-electron chi connectivity index (χ4n) is 1.51. The van der Waals surface area contributed by atoms with Gasteiger partial charge in [-0.05, 0) is 48.8 Å². The van der Waals surface area contributed by atoms with Gasteiger partial charge in [-0.25, -0.2) is 13.6 Å². The van der Waals surface area contributed by atoms with Gasteiger partial charge in [-0.15, -0.1) is 0 Å². The Bertz CT molecular complexity index is 682. The summed E-state index contributed by atoms with van der Waals surface area (Å²) in [4.78, 5) is 11.7. The summed E-state index contributed by atoms with van der Waals surface area (Å²) in [7, 11) is -4.01. The first-order chi connectivity index (χ1) is 10.8. The Morgan fingerprint density at radius 2 is 2.09 bits per heavy atom. The van der Waals surface area contributed by atoms with E-state index in [4.69, 9.17) is 29.0 Å². The maximum atomic E-state index is 12.0. The maximum absolute atomic E-state index is 12.0. The van der Waals surface area contributed by atoms with Gasteiger partial charge in [-0.2, -0.15) is 11.8 Å². The summed E-state index contributed by atoms with van der Waals surface area (Å²) >= 11 is 12.5. The quantitative estimate of drug-likeness (QED) is 0.320. The van der Waals surface area contributed by atoms with Gasteiger partial charge in [0.1, 0.15) is 4.90 Å². The zero-order chi connectivity index (χ0) is 17.5. The number of rotatable bonds is 6. The van der Waals surface area contributed by atoms with Gasteiger partial charge in [-0.1, -0.05) is 11.6 Å². The van der Waals surface area contributed by atoms with E-state index in [9.17, 15) is 13.2 Å². The van der Waals surface area contributed by atoms with Gasteiger partial charge in [0.05, 0.1) is 5.02 Å². The van der Waals surface area contributed by atoms with E-state index in [-0.39, 0.29) is 20.6 Å². The molecule has 0 bridgehead atoms. The summed E-state index contributed by atoms with van der Waals surface area (Å²) in [5, 5.41) is 8.17. The first-order valence-electron chi connectivity index (χ1n) is 6.41. The van der Waals surface area contributed by atoms with Crippen molar-refractivity contribution in [2.75, 3.05) is 18.6 Å². The molecular formula is C12H17ClN4O3S3. The van der Waals surface area contributed by atoms with Crippen LogP contribution in [0.1, 0.15) is 16.8 Å². The standard InChI is InChI=1S/C12H17ClN4O3S3/c1-22-6-2-5-15-12(21)17-16-11(18)8-3-4-9(13)10(7-8)23(14,19)20/h3-4,7H,2,5-6H2,1H3,(H,16,18)(H2,14,19,20)(H2,15,17,21). The number of sulfonamides is 1. The van der Waals surface area contributed by atoms with Crippen molar-refractivity contribution in [3.8, 4) is 0 Å². The average Bonchev–Trinajstić information content (AvgIpc) is 2.48. The Labute approximate surface area is 149 Å². The molecule has 0 saturated heterocycles. The summed E-state index contributed by atoms with van der Waals surface area (Å²) in [5.74, 6) is 0.433. The van der Waals surface area contributed by atoms with Crippen LogP contribution >= 0.6 is 35.6 Å². The molecule has 23 heavy (non-hydrogen) atoms. The van der Waals surface area contributed by atoms with E-state index < -0.39 is 15.9 Å². The van der Waals surface area contributed by atoms with Gasteiger partial charge in [0, 0.05) is 12.1 Å². The molecule has 0 saturated carbocycles. The van der Waals surface area contributed by atoms with Crippen LogP contribution < -0.4 is 21.3 Å². The fraction of sp³-hybridized carbons (Fsp3) is 0.333. The molecule has 1 rings (SSSR count). The number of nitrogens with two attached hydrogens (primary N) is 1. The molecule has 0 aliphatic rings. The van der Waals surface area contributed by atoms with Crippen LogP contribution in [-0.4, -0.2) is 38.0 Å². The van der Waals surface area contributed by atoms with E-state index in [1.165, 1.54) is 12.1 Å². The molecule has 128 valence electrons. The summed E-state index contributed by atoms with van der Waals surface area (Å²) in [6, 6.07) is 3.77. The van der Waals surface area contributed by atoms with Gasteiger partial charge < -0.3 is 5.32 Å². The third kappa shape index (κ3) is 6.92. The number of nitrogens with one attached hydrogen (secondary N) is 3. The van der Waals surface area contributed by atoms with E-state index in [0.717, 1.165) is 18.2 Å². The first kappa shape index (κ1) is 20.0. The molecular weight excluding hydrogens is 380 g/mol. The molecule has 0 aliphatic carbocycles. The van der Waals surface area contributed by atoms with Crippen LogP contribution in [0.2, 0.25) is 5.02 Å². The Balaban J connectivity index is 2.60. The van der Waals surface area contributed by atoms with Crippen LogP contribution in [0.25, 0.3) is 0 Å². The van der Waals surface area contributed by atoms with E-state index in [1.807, 2.05) is 6.26 Å². The number of hydrazine groups is 1. The zero-order valence-electron chi connectivity index (χ0n) is 12.3. The molecule has 0 aliphatic heterocycles. The predicted molar refractivity (Wildman–Crippen MR) is 97.0 cm³/mol. The lowest BCUT2D eigenvalue weighted by Gasteiger charge is -2.12. The Kier molecular flexibility index (Phi) is 8.06. The molecule has 7 nitrogen and oxygen atoms in total. The second kappa shape index (κ2) is 9.28. The maximum Gasteiger partial charge on any atom is 0.269 e. The molecule has 0 aromatic heterocycles. The highest BCUT2D eigenvalue weighted by atomic mass is 35.5. The molecule has 0 atom stereocenters. The third-order valence-electron chi connectivity index (χ3n) is 2.60. The van der Waals surface area contributed by atoms with Crippen molar-refractivity contribution in [3.63, 3.8) is 0 Å². The largest absolute Gasteiger partial charge is 0.361 e. The number of carbonyl (C=O) groups is 1. The zero-order valence-corrected chi connectivity index (χ0v) is 15.5. The molecule has 0 spiro atoms. The van der Waals surface area contributed by atoms with Gasteiger partial charge in [0.25, 0.3) is 5.91 Å². The molecule has 11 heteroatoms. The Morgan fingerprint density at radius 3 is 2.70 bits per heavy atom. The van der Waals surface area contributed by atoms with Crippen LogP contribution in [-0.2, 0) is 10.0 Å². The van der Waals surface area contributed by atoms with Crippen molar-refractivity contribution in [1.82, 2.24) is 16.2 Å². The molecule has 1 aromatic carbocycles. The van der Waals surface area contributed by atoms with Gasteiger partial charge >= 0.3 is 0 Å². The third-order valence-corrected chi connectivity index (χ3v) is 4.94. The molecule has 1 amide bonds. The first-order valence-corrected chi connectivity index (χ1v) is 10.1. The van der Waals surface area contributed by atoms with Crippen molar-refractivity contribution in [2.24, 2.45) is 5.14 Å². The predicted octanol–water partition coefficient (Wildman–Crippen LogP) is 0.849. The summed E-state index contributed by atoms with van der Waals surface area (Å²) < 4.78 is 22.8. The molecule has 5 N–H and O–H groups in total. The summed E-state index contributed by atoms with van der Waals surface area (Å²) in [6.45, 7) is 0.680. The number of benzene rings is 1. The number of primary sulfonamides is 1. The van der Waals surface area contributed by atoms with Crippen LogP contribution in [0.5, 0.6) is 0 Å². The van der Waals surface area contributed by atoms with Crippen LogP contribution in [0, 0.1) is 0 Å². The molecule has 0 heterocycles. The van der Waals surface area contributed by atoms with Crippen molar-refractivity contribution >= 4 is 56.6 Å². The second-order valence-electron chi connectivity index (χ2n) is 4.37. The molecule has 0 radical (unpaired) electrons. The number of hydrogen-bond acceptors (Lipinski definition) is 5. The van der Waals surface area contributed by atoms with Crippen molar-refractivity contribution < 1.29 is 13.2 Å². The minimum Gasteiger partial charge on any atom is -0.361 e. The fourth-order valence-corrected chi connectivity index (χ4v) is 3.17. The van der Waals surface area contributed by atoms with Crippen molar-refractivity contribution in [1.29, 1.82) is 0 Å². The van der Waals surface area contributed by atoms with Crippen LogP contribution in [0.15, 0.2) is 23.1 Å². The molecule has 1 aromatic rings. The average molecular weight is 397 g/mol. The Morgan fingerprint density at radius 1 is 1.39 bits per heavy atom.